The highest BCUT2D eigenvalue weighted by Gasteiger charge is 2.29. The molecule has 4 rings (SSSR count). The first-order valence-corrected chi connectivity index (χ1v) is 11.7. The van der Waals surface area contributed by atoms with Crippen molar-refractivity contribution in [1.29, 1.82) is 0 Å². The second kappa shape index (κ2) is 8.55. The molecule has 1 aliphatic rings. The Morgan fingerprint density at radius 2 is 1.93 bits per heavy atom. The first-order valence-electron chi connectivity index (χ1n) is 8.95. The monoisotopic (exact) mass is 461 g/mol. The summed E-state index contributed by atoms with van der Waals surface area (Å²) in [5.74, 6) is -0.194. The third-order valence-corrected chi connectivity index (χ3v) is 6.86. The molecular weight excluding hydrogens is 446 g/mol. The van der Waals surface area contributed by atoms with Crippen molar-refractivity contribution in [2.24, 2.45) is 4.99 Å². The quantitative estimate of drug-likeness (QED) is 0.565. The molecule has 0 atom stereocenters. The van der Waals surface area contributed by atoms with E-state index < -0.39 is 16.0 Å². The zero-order valence-corrected chi connectivity index (χ0v) is 17.9. The molecule has 0 saturated heterocycles. The van der Waals surface area contributed by atoms with Crippen molar-refractivity contribution in [2.75, 3.05) is 6.54 Å². The number of esters is 1. The molecule has 0 fully saturated rings. The number of nitrogens with zero attached hydrogens (tertiary/aromatic N) is 2. The minimum Gasteiger partial charge on any atom is -0.459 e. The molecule has 10 heteroatoms. The van der Waals surface area contributed by atoms with Crippen LogP contribution >= 0.6 is 22.9 Å². The van der Waals surface area contributed by atoms with E-state index in [0.717, 1.165) is 10.6 Å². The lowest BCUT2D eigenvalue weighted by Gasteiger charge is -2.02. The fraction of sp³-hybridized carbons (Fsp3) is 0.150. The Hall–Kier alpha value is -2.75. The van der Waals surface area contributed by atoms with E-state index in [1.54, 1.807) is 30.3 Å². The zero-order chi connectivity index (χ0) is 21.1. The number of carbonyl (C=O) groups is 1. The lowest BCUT2D eigenvalue weighted by atomic mass is 10.2. The van der Waals surface area contributed by atoms with Gasteiger partial charge in [0.15, 0.2) is 0 Å². The topological polar surface area (TPSA) is 97.7 Å². The second-order valence-corrected chi connectivity index (χ2v) is 9.34. The number of thiazole rings is 1. The third-order valence-electron chi connectivity index (χ3n) is 4.27. The van der Waals surface area contributed by atoms with Crippen molar-refractivity contribution in [3.8, 4) is 10.6 Å². The van der Waals surface area contributed by atoms with Crippen LogP contribution in [0.1, 0.15) is 17.7 Å². The second-order valence-electron chi connectivity index (χ2n) is 6.39. The standard InChI is InChI=1S/C20H16ClN3O4S2/c21-14-7-5-13(6-8-14)20-23-15(12-29-20)11-28-18(25)9-10-22-19-16-3-1-2-4-17(16)30(26,27)24-19/h1-8,12H,9-11H2,(H,22,24). The maximum absolute atomic E-state index is 12.0. The summed E-state index contributed by atoms with van der Waals surface area (Å²) in [7, 11) is -3.59. The van der Waals surface area contributed by atoms with Gasteiger partial charge in [-0.05, 0) is 24.3 Å². The highest BCUT2D eigenvalue weighted by Crippen LogP contribution is 2.25. The van der Waals surface area contributed by atoms with Crippen molar-refractivity contribution in [1.82, 2.24) is 9.71 Å². The van der Waals surface area contributed by atoms with E-state index in [2.05, 4.69) is 14.7 Å². The molecule has 30 heavy (non-hydrogen) atoms. The fourth-order valence-electron chi connectivity index (χ4n) is 2.84. The number of hydrogen-bond acceptors (Lipinski definition) is 7. The summed E-state index contributed by atoms with van der Waals surface area (Å²) >= 11 is 7.35. The number of aromatic nitrogens is 1. The number of carbonyl (C=O) groups excluding carboxylic acids is 1. The Bertz CT molecular complexity index is 1220. The van der Waals surface area contributed by atoms with E-state index in [1.807, 2.05) is 17.5 Å². The van der Waals surface area contributed by atoms with Crippen molar-refractivity contribution in [3.05, 3.63) is 70.2 Å². The average Bonchev–Trinajstić information content (AvgIpc) is 3.30. The van der Waals surface area contributed by atoms with Crippen LogP contribution in [0.3, 0.4) is 0 Å². The van der Waals surface area contributed by atoms with Gasteiger partial charge < -0.3 is 4.74 Å². The van der Waals surface area contributed by atoms with E-state index in [1.165, 1.54) is 17.4 Å². The Labute approximate surface area is 182 Å². The number of aliphatic imine (C=N–C) groups is 1. The number of halogens is 1. The van der Waals surface area contributed by atoms with E-state index in [-0.39, 0.29) is 30.3 Å². The number of rotatable bonds is 6. The number of hydrogen-bond donors (Lipinski definition) is 1. The van der Waals surface area contributed by atoms with Crippen LogP contribution in [0.5, 0.6) is 0 Å². The van der Waals surface area contributed by atoms with Gasteiger partial charge >= 0.3 is 5.97 Å². The maximum Gasteiger partial charge on any atom is 0.308 e. The molecule has 0 amide bonds. The van der Waals surface area contributed by atoms with Crippen molar-refractivity contribution >= 4 is 44.8 Å². The predicted octanol–water partition coefficient (Wildman–Crippen LogP) is 3.64. The van der Waals surface area contributed by atoms with Gasteiger partial charge in [0, 0.05) is 21.5 Å². The van der Waals surface area contributed by atoms with Crippen LogP contribution < -0.4 is 4.72 Å². The van der Waals surface area contributed by atoms with Crippen molar-refractivity contribution in [3.63, 3.8) is 0 Å². The van der Waals surface area contributed by atoms with Gasteiger partial charge in [-0.15, -0.1) is 11.3 Å². The normalized spacial score (nSPS) is 15.6. The molecule has 3 aromatic rings. The van der Waals surface area contributed by atoms with Crippen LogP contribution in [0.15, 0.2) is 63.8 Å². The lowest BCUT2D eigenvalue weighted by molar-refractivity contribution is -0.144. The van der Waals surface area contributed by atoms with Gasteiger partial charge in [-0.2, -0.15) is 0 Å². The molecule has 0 saturated carbocycles. The molecule has 0 spiro atoms. The fourth-order valence-corrected chi connectivity index (χ4v) is 5.02. The van der Waals surface area contributed by atoms with E-state index in [0.29, 0.717) is 16.3 Å². The summed E-state index contributed by atoms with van der Waals surface area (Å²) in [4.78, 5) is 20.9. The summed E-state index contributed by atoms with van der Waals surface area (Å²) < 4.78 is 31.7. The number of sulfonamides is 1. The minimum atomic E-state index is -3.59. The highest BCUT2D eigenvalue weighted by molar-refractivity contribution is 7.90. The van der Waals surface area contributed by atoms with Crippen LogP contribution in [0.4, 0.5) is 0 Å². The molecule has 0 radical (unpaired) electrons. The average molecular weight is 462 g/mol. The van der Waals surface area contributed by atoms with Crippen LogP contribution in [-0.4, -0.2) is 31.8 Å². The number of benzene rings is 2. The Kier molecular flexibility index (Phi) is 5.85. The molecule has 7 nitrogen and oxygen atoms in total. The third kappa shape index (κ3) is 4.53. The van der Waals surface area contributed by atoms with Gasteiger partial charge in [-0.1, -0.05) is 35.9 Å². The molecular formula is C20H16ClN3O4S2. The first-order chi connectivity index (χ1) is 14.4. The maximum atomic E-state index is 12.0. The molecule has 1 aromatic heterocycles. The lowest BCUT2D eigenvalue weighted by Crippen LogP contribution is -2.22. The van der Waals surface area contributed by atoms with Crippen LogP contribution in [0.25, 0.3) is 10.6 Å². The smallest absolute Gasteiger partial charge is 0.308 e. The summed E-state index contributed by atoms with van der Waals surface area (Å²) in [5.41, 5.74) is 2.10. The number of fused-ring (bicyclic) bond motifs is 1. The van der Waals surface area contributed by atoms with Gasteiger partial charge in [0.2, 0.25) is 0 Å². The summed E-state index contributed by atoms with van der Waals surface area (Å²) in [5, 5.41) is 3.31. The van der Waals surface area contributed by atoms with E-state index in [9.17, 15) is 13.2 Å². The molecule has 0 bridgehead atoms. The molecule has 1 N–H and O–H groups in total. The molecule has 0 aliphatic carbocycles. The number of nitrogens with one attached hydrogen (secondary N) is 1. The summed E-state index contributed by atoms with van der Waals surface area (Å²) in [6, 6.07) is 13.9. The summed E-state index contributed by atoms with van der Waals surface area (Å²) in [6.07, 6.45) is 0.0293. The first kappa shape index (κ1) is 20.5. The number of amidine groups is 1. The molecule has 0 unspecified atom stereocenters. The van der Waals surface area contributed by atoms with Crippen LogP contribution in [0, 0.1) is 0 Å². The van der Waals surface area contributed by atoms with Gasteiger partial charge in [0.1, 0.15) is 17.5 Å². The Morgan fingerprint density at radius 3 is 2.73 bits per heavy atom. The van der Waals surface area contributed by atoms with E-state index in [4.69, 9.17) is 16.3 Å². The minimum absolute atomic E-state index is 0.0293. The van der Waals surface area contributed by atoms with Gasteiger partial charge in [0.25, 0.3) is 10.0 Å². The van der Waals surface area contributed by atoms with Gasteiger partial charge in [-0.3, -0.25) is 14.5 Å². The van der Waals surface area contributed by atoms with Gasteiger partial charge in [-0.25, -0.2) is 13.4 Å². The Morgan fingerprint density at radius 1 is 1.17 bits per heavy atom. The zero-order valence-electron chi connectivity index (χ0n) is 15.5. The van der Waals surface area contributed by atoms with E-state index >= 15 is 0 Å². The molecule has 2 heterocycles. The predicted molar refractivity (Wildman–Crippen MR) is 115 cm³/mol. The van der Waals surface area contributed by atoms with Crippen molar-refractivity contribution < 1.29 is 17.9 Å². The molecule has 1 aliphatic heterocycles. The number of ether oxygens (including phenoxy) is 1. The largest absolute Gasteiger partial charge is 0.459 e. The molecule has 154 valence electrons. The van der Waals surface area contributed by atoms with Crippen LogP contribution in [0.2, 0.25) is 5.02 Å². The van der Waals surface area contributed by atoms with Gasteiger partial charge in [0.05, 0.1) is 23.6 Å². The summed E-state index contributed by atoms with van der Waals surface area (Å²) in [6.45, 7) is 0.174. The van der Waals surface area contributed by atoms with Crippen LogP contribution in [-0.2, 0) is 26.2 Å². The highest BCUT2D eigenvalue weighted by atomic mass is 35.5. The molecule has 2 aromatic carbocycles. The van der Waals surface area contributed by atoms with Crippen molar-refractivity contribution in [2.45, 2.75) is 17.9 Å². The SMILES string of the molecule is O=C(CCN=C1NS(=O)(=O)c2ccccc21)OCc1csc(-c2ccc(Cl)cc2)n1. The Balaban J connectivity index is 1.30.